The van der Waals surface area contributed by atoms with Crippen LogP contribution in [0.15, 0.2) is 12.4 Å². The molecule has 15 heavy (non-hydrogen) atoms. The molecule has 5 heteroatoms. The van der Waals surface area contributed by atoms with E-state index >= 15 is 0 Å². The second-order valence-corrected chi connectivity index (χ2v) is 4.61. The first kappa shape index (κ1) is 11.7. The monoisotopic (exact) mass is 211 g/mol. The van der Waals surface area contributed by atoms with Gasteiger partial charge in [-0.05, 0) is 26.3 Å². The highest BCUT2D eigenvalue weighted by Gasteiger charge is 2.17. The number of nitrogens with zero attached hydrogens (tertiary/aromatic N) is 2. The van der Waals surface area contributed by atoms with Crippen molar-refractivity contribution >= 4 is 5.97 Å². The number of rotatable bonds is 3. The molecule has 0 aliphatic carbocycles. The molecule has 0 aromatic carbocycles. The van der Waals surface area contributed by atoms with Gasteiger partial charge in [0.05, 0.1) is 11.7 Å². The molecule has 1 aromatic rings. The highest BCUT2D eigenvalue weighted by molar-refractivity contribution is 5.73. The molecule has 1 rings (SSSR count). The summed E-state index contributed by atoms with van der Waals surface area (Å²) in [5.41, 5.74) is 6.19. The quantitative estimate of drug-likeness (QED) is 0.766. The average Bonchev–Trinajstić information content (AvgIpc) is 2.51. The molecule has 0 aliphatic rings. The average molecular weight is 211 g/mol. The minimum absolute atomic E-state index is 0.0917. The molecule has 1 aromatic heterocycles. The van der Waals surface area contributed by atoms with E-state index in [2.05, 4.69) is 5.10 Å². The molecule has 0 fully saturated rings. The fraction of sp³-hybridized carbons (Fsp3) is 0.600. The normalized spacial score (nSPS) is 13.9. The predicted octanol–water partition coefficient (Wildman–Crippen LogP) is 0.592. The van der Waals surface area contributed by atoms with Crippen LogP contribution in [0.1, 0.15) is 26.3 Å². The lowest BCUT2D eigenvalue weighted by Gasteiger charge is -2.18. The molecular weight excluding hydrogens is 194 g/mol. The Kier molecular flexibility index (Phi) is 3.14. The summed E-state index contributed by atoms with van der Waals surface area (Å²) in [7, 11) is 0. The van der Waals surface area contributed by atoms with Gasteiger partial charge in [-0.15, -0.1) is 0 Å². The molecule has 84 valence electrons. The zero-order valence-electron chi connectivity index (χ0n) is 9.27. The number of aliphatic carboxylic acids is 1. The molecule has 0 radical (unpaired) electrons. The highest BCUT2D eigenvalue weighted by Crippen LogP contribution is 2.13. The number of hydrogen-bond donors (Lipinski definition) is 2. The van der Waals surface area contributed by atoms with Crippen molar-refractivity contribution in [3.63, 3.8) is 0 Å². The van der Waals surface area contributed by atoms with Crippen LogP contribution in [0.2, 0.25) is 0 Å². The maximum atomic E-state index is 10.6. The van der Waals surface area contributed by atoms with Gasteiger partial charge in [0.2, 0.25) is 0 Å². The first-order chi connectivity index (χ1) is 6.80. The Bertz CT molecular complexity index is 352. The van der Waals surface area contributed by atoms with E-state index in [0.717, 1.165) is 5.56 Å². The fourth-order valence-electron chi connectivity index (χ4n) is 1.17. The Morgan fingerprint density at radius 2 is 2.27 bits per heavy atom. The van der Waals surface area contributed by atoms with Crippen molar-refractivity contribution < 1.29 is 9.90 Å². The van der Waals surface area contributed by atoms with Crippen LogP contribution in [-0.2, 0) is 16.8 Å². The molecule has 0 saturated carbocycles. The van der Waals surface area contributed by atoms with Crippen LogP contribution < -0.4 is 5.73 Å². The van der Waals surface area contributed by atoms with Crippen molar-refractivity contribution in [3.05, 3.63) is 18.0 Å². The largest absolute Gasteiger partial charge is 0.480 e. The third-order valence-corrected chi connectivity index (χ3v) is 2.10. The van der Waals surface area contributed by atoms with Crippen LogP contribution in [0, 0.1) is 0 Å². The van der Waals surface area contributed by atoms with Gasteiger partial charge in [-0.25, -0.2) is 0 Å². The summed E-state index contributed by atoms with van der Waals surface area (Å²) >= 11 is 0. The summed E-state index contributed by atoms with van der Waals surface area (Å²) in [6.07, 6.45) is 3.81. The maximum Gasteiger partial charge on any atom is 0.320 e. The third-order valence-electron chi connectivity index (χ3n) is 2.10. The summed E-state index contributed by atoms with van der Waals surface area (Å²) < 4.78 is 1.80. The zero-order chi connectivity index (χ0) is 11.6. The van der Waals surface area contributed by atoms with E-state index in [0.29, 0.717) is 6.42 Å². The lowest BCUT2D eigenvalue weighted by molar-refractivity contribution is -0.138. The van der Waals surface area contributed by atoms with Gasteiger partial charge in [-0.1, -0.05) is 0 Å². The van der Waals surface area contributed by atoms with E-state index in [-0.39, 0.29) is 5.54 Å². The molecule has 5 nitrogen and oxygen atoms in total. The van der Waals surface area contributed by atoms with Crippen molar-refractivity contribution in [3.8, 4) is 0 Å². The second kappa shape index (κ2) is 4.02. The van der Waals surface area contributed by atoms with Crippen LogP contribution in [0.4, 0.5) is 0 Å². The van der Waals surface area contributed by atoms with Gasteiger partial charge in [-0.3, -0.25) is 9.48 Å². The Morgan fingerprint density at radius 1 is 1.67 bits per heavy atom. The first-order valence-corrected chi connectivity index (χ1v) is 4.83. The van der Waals surface area contributed by atoms with Crippen molar-refractivity contribution in [1.82, 2.24) is 9.78 Å². The summed E-state index contributed by atoms with van der Waals surface area (Å²) in [6.45, 7) is 6.09. The molecular formula is C10H17N3O2. The van der Waals surface area contributed by atoms with Gasteiger partial charge in [-0.2, -0.15) is 5.10 Å². The fourth-order valence-corrected chi connectivity index (χ4v) is 1.17. The molecule has 0 saturated heterocycles. The lowest BCUT2D eigenvalue weighted by atomic mass is 10.1. The smallest absolute Gasteiger partial charge is 0.320 e. The molecule has 0 aliphatic heterocycles. The van der Waals surface area contributed by atoms with Crippen LogP contribution in [0.3, 0.4) is 0 Å². The standard InChI is InChI=1S/C10H17N3O2/c1-10(2,3)13-6-7(5-12-13)4-8(11)9(14)15/h5-6,8H,4,11H2,1-3H3,(H,14,15). The Morgan fingerprint density at radius 3 is 2.67 bits per heavy atom. The Hall–Kier alpha value is -1.36. The summed E-state index contributed by atoms with van der Waals surface area (Å²) in [4.78, 5) is 10.6. The molecule has 0 spiro atoms. The van der Waals surface area contributed by atoms with Crippen LogP contribution in [0.25, 0.3) is 0 Å². The van der Waals surface area contributed by atoms with E-state index in [9.17, 15) is 4.79 Å². The third kappa shape index (κ3) is 3.06. The number of carboxylic acids is 1. The Labute approximate surface area is 88.9 Å². The number of aromatic nitrogens is 2. The van der Waals surface area contributed by atoms with E-state index in [1.165, 1.54) is 0 Å². The van der Waals surface area contributed by atoms with Crippen molar-refractivity contribution in [1.29, 1.82) is 0 Å². The van der Waals surface area contributed by atoms with Crippen LogP contribution in [-0.4, -0.2) is 26.9 Å². The molecule has 0 bridgehead atoms. The number of carboxylic acid groups (broad SMARTS) is 1. The van der Waals surface area contributed by atoms with Crippen LogP contribution >= 0.6 is 0 Å². The van der Waals surface area contributed by atoms with Crippen molar-refractivity contribution in [2.24, 2.45) is 5.73 Å². The van der Waals surface area contributed by atoms with Crippen LogP contribution in [0.5, 0.6) is 0 Å². The molecule has 1 unspecified atom stereocenters. The van der Waals surface area contributed by atoms with E-state index in [1.54, 1.807) is 10.9 Å². The van der Waals surface area contributed by atoms with Gasteiger partial charge in [0.25, 0.3) is 0 Å². The van der Waals surface area contributed by atoms with Gasteiger partial charge in [0.15, 0.2) is 0 Å². The minimum atomic E-state index is -0.987. The molecule has 1 atom stereocenters. The van der Waals surface area contributed by atoms with Crippen molar-refractivity contribution in [2.75, 3.05) is 0 Å². The maximum absolute atomic E-state index is 10.6. The summed E-state index contributed by atoms with van der Waals surface area (Å²) in [6, 6.07) is -0.859. The van der Waals surface area contributed by atoms with E-state index in [4.69, 9.17) is 10.8 Å². The van der Waals surface area contributed by atoms with Gasteiger partial charge < -0.3 is 10.8 Å². The second-order valence-electron chi connectivity index (χ2n) is 4.61. The zero-order valence-corrected chi connectivity index (χ0v) is 9.27. The molecule has 0 amide bonds. The predicted molar refractivity (Wildman–Crippen MR) is 56.5 cm³/mol. The van der Waals surface area contributed by atoms with Gasteiger partial charge >= 0.3 is 5.97 Å². The molecule has 3 N–H and O–H groups in total. The summed E-state index contributed by atoms with van der Waals surface area (Å²) in [5.74, 6) is -0.987. The highest BCUT2D eigenvalue weighted by atomic mass is 16.4. The SMILES string of the molecule is CC(C)(C)n1cc(CC(N)C(=O)O)cn1. The Balaban J connectivity index is 2.73. The number of hydrogen-bond acceptors (Lipinski definition) is 3. The lowest BCUT2D eigenvalue weighted by Crippen LogP contribution is -2.32. The number of carbonyl (C=O) groups is 1. The first-order valence-electron chi connectivity index (χ1n) is 4.83. The molecule has 1 heterocycles. The van der Waals surface area contributed by atoms with Gasteiger partial charge in [0.1, 0.15) is 6.04 Å². The van der Waals surface area contributed by atoms with E-state index in [1.807, 2.05) is 27.0 Å². The topological polar surface area (TPSA) is 81.1 Å². The number of nitrogens with two attached hydrogens (primary N) is 1. The van der Waals surface area contributed by atoms with Crippen molar-refractivity contribution in [2.45, 2.75) is 38.8 Å². The van der Waals surface area contributed by atoms with Gasteiger partial charge in [0, 0.05) is 12.6 Å². The summed E-state index contributed by atoms with van der Waals surface area (Å²) in [5, 5.41) is 12.8. The minimum Gasteiger partial charge on any atom is -0.480 e. The van der Waals surface area contributed by atoms with E-state index < -0.39 is 12.0 Å².